The molecule has 3 aromatic rings. The minimum atomic E-state index is 0.373. The standard InChI is InChI=1S/C19H21N3O4/c1-12-7-5-6-8-14(12)19-22-21-17(26-19)11-20-13-9-15(23-2)18(25-4)16(10-13)24-3/h5-10,20H,11H2,1-4H3. The fourth-order valence-electron chi connectivity index (χ4n) is 2.61. The molecule has 0 saturated heterocycles. The van der Waals surface area contributed by atoms with Crippen LogP contribution in [0, 0.1) is 6.92 Å². The minimum absolute atomic E-state index is 0.373. The van der Waals surface area contributed by atoms with Gasteiger partial charge in [0.25, 0.3) is 0 Å². The number of anilines is 1. The Morgan fingerprint density at radius 2 is 1.65 bits per heavy atom. The SMILES string of the molecule is COc1cc(NCc2nnc(-c3ccccc3C)o2)cc(OC)c1OC. The molecule has 0 aliphatic carbocycles. The number of aryl methyl sites for hydroxylation is 1. The van der Waals surface area contributed by atoms with Gasteiger partial charge in [-0.15, -0.1) is 10.2 Å². The van der Waals surface area contributed by atoms with Gasteiger partial charge in [-0.2, -0.15) is 0 Å². The van der Waals surface area contributed by atoms with Crippen molar-refractivity contribution in [1.82, 2.24) is 10.2 Å². The van der Waals surface area contributed by atoms with Crippen LogP contribution in [0.3, 0.4) is 0 Å². The molecular weight excluding hydrogens is 334 g/mol. The van der Waals surface area contributed by atoms with Gasteiger partial charge >= 0.3 is 0 Å². The van der Waals surface area contributed by atoms with Crippen LogP contribution in [-0.2, 0) is 6.54 Å². The first kappa shape index (κ1) is 17.6. The van der Waals surface area contributed by atoms with Gasteiger partial charge < -0.3 is 23.9 Å². The zero-order valence-corrected chi connectivity index (χ0v) is 15.2. The van der Waals surface area contributed by atoms with Crippen LogP contribution in [0.2, 0.25) is 0 Å². The van der Waals surface area contributed by atoms with Gasteiger partial charge in [0.2, 0.25) is 17.5 Å². The molecule has 0 saturated carbocycles. The van der Waals surface area contributed by atoms with E-state index in [4.69, 9.17) is 18.6 Å². The van der Waals surface area contributed by atoms with Gasteiger partial charge in [0.15, 0.2) is 11.5 Å². The number of benzene rings is 2. The summed E-state index contributed by atoms with van der Waals surface area (Å²) in [5.74, 6) is 2.67. The quantitative estimate of drug-likeness (QED) is 0.692. The highest BCUT2D eigenvalue weighted by molar-refractivity contribution is 5.62. The van der Waals surface area contributed by atoms with E-state index in [0.29, 0.717) is 35.6 Å². The smallest absolute Gasteiger partial charge is 0.248 e. The lowest BCUT2D eigenvalue weighted by Crippen LogP contribution is -2.02. The summed E-state index contributed by atoms with van der Waals surface area (Å²) in [6.07, 6.45) is 0. The summed E-state index contributed by atoms with van der Waals surface area (Å²) in [6, 6.07) is 11.5. The lowest BCUT2D eigenvalue weighted by atomic mass is 10.1. The number of hydrogen-bond acceptors (Lipinski definition) is 7. The fraction of sp³-hybridized carbons (Fsp3) is 0.263. The molecule has 0 bridgehead atoms. The lowest BCUT2D eigenvalue weighted by molar-refractivity contribution is 0.324. The highest BCUT2D eigenvalue weighted by atomic mass is 16.5. The molecular formula is C19H21N3O4. The molecule has 3 rings (SSSR count). The Hall–Kier alpha value is -3.22. The Morgan fingerprint density at radius 3 is 2.27 bits per heavy atom. The van der Waals surface area contributed by atoms with Crippen molar-refractivity contribution in [3.05, 3.63) is 47.9 Å². The summed E-state index contributed by atoms with van der Waals surface area (Å²) in [6.45, 7) is 2.38. The van der Waals surface area contributed by atoms with Crippen LogP contribution in [0.1, 0.15) is 11.5 Å². The van der Waals surface area contributed by atoms with E-state index in [-0.39, 0.29) is 0 Å². The number of methoxy groups -OCH3 is 3. The molecule has 1 N–H and O–H groups in total. The van der Waals surface area contributed by atoms with Crippen molar-refractivity contribution in [2.75, 3.05) is 26.6 Å². The average molecular weight is 355 g/mol. The van der Waals surface area contributed by atoms with Crippen molar-refractivity contribution in [1.29, 1.82) is 0 Å². The first-order valence-corrected chi connectivity index (χ1v) is 8.08. The Kier molecular flexibility index (Phi) is 5.26. The largest absolute Gasteiger partial charge is 0.493 e. The fourth-order valence-corrected chi connectivity index (χ4v) is 2.61. The number of nitrogens with zero attached hydrogens (tertiary/aromatic N) is 2. The third-order valence-corrected chi connectivity index (χ3v) is 3.95. The molecule has 0 radical (unpaired) electrons. The van der Waals surface area contributed by atoms with E-state index in [1.807, 2.05) is 43.3 Å². The van der Waals surface area contributed by atoms with Crippen LogP contribution in [0.5, 0.6) is 17.2 Å². The second kappa shape index (κ2) is 7.77. The third kappa shape index (κ3) is 3.56. The molecule has 0 spiro atoms. The van der Waals surface area contributed by atoms with Crippen LogP contribution in [0.4, 0.5) is 5.69 Å². The second-order valence-corrected chi connectivity index (χ2v) is 5.58. The van der Waals surface area contributed by atoms with Crippen LogP contribution in [-0.4, -0.2) is 31.5 Å². The molecule has 0 atom stereocenters. The van der Waals surface area contributed by atoms with Crippen LogP contribution in [0.25, 0.3) is 11.5 Å². The predicted octanol–water partition coefficient (Wildman–Crippen LogP) is 3.68. The zero-order chi connectivity index (χ0) is 18.5. The third-order valence-electron chi connectivity index (χ3n) is 3.95. The molecule has 26 heavy (non-hydrogen) atoms. The molecule has 1 heterocycles. The summed E-state index contributed by atoms with van der Waals surface area (Å²) in [5.41, 5.74) is 2.80. The molecule has 0 aliphatic rings. The van der Waals surface area contributed by atoms with E-state index in [0.717, 1.165) is 16.8 Å². The average Bonchev–Trinajstić information content (AvgIpc) is 3.14. The number of aromatic nitrogens is 2. The van der Waals surface area contributed by atoms with Crippen LogP contribution >= 0.6 is 0 Å². The Labute approximate surface area is 151 Å². The topological polar surface area (TPSA) is 78.6 Å². The van der Waals surface area contributed by atoms with Gasteiger partial charge in [-0.1, -0.05) is 18.2 Å². The summed E-state index contributed by atoms with van der Waals surface area (Å²) < 4.78 is 21.8. The first-order valence-electron chi connectivity index (χ1n) is 8.08. The van der Waals surface area contributed by atoms with Crippen molar-refractivity contribution in [2.24, 2.45) is 0 Å². The Morgan fingerprint density at radius 1 is 0.962 bits per heavy atom. The minimum Gasteiger partial charge on any atom is -0.493 e. The van der Waals surface area contributed by atoms with Crippen molar-refractivity contribution in [3.8, 4) is 28.7 Å². The van der Waals surface area contributed by atoms with Crippen LogP contribution < -0.4 is 19.5 Å². The summed E-state index contributed by atoms with van der Waals surface area (Å²) in [5, 5.41) is 11.5. The van der Waals surface area contributed by atoms with E-state index in [2.05, 4.69) is 15.5 Å². The lowest BCUT2D eigenvalue weighted by Gasteiger charge is -2.14. The molecule has 0 fully saturated rings. The number of rotatable bonds is 7. The van der Waals surface area contributed by atoms with Gasteiger partial charge in [0, 0.05) is 23.4 Å². The van der Waals surface area contributed by atoms with Gasteiger partial charge in [0.05, 0.1) is 27.9 Å². The van der Waals surface area contributed by atoms with Gasteiger partial charge in [0.1, 0.15) is 0 Å². The van der Waals surface area contributed by atoms with Gasteiger partial charge in [-0.25, -0.2) is 0 Å². The van der Waals surface area contributed by atoms with Gasteiger partial charge in [-0.3, -0.25) is 0 Å². The monoisotopic (exact) mass is 355 g/mol. The van der Waals surface area contributed by atoms with Crippen molar-refractivity contribution in [2.45, 2.75) is 13.5 Å². The molecule has 0 unspecified atom stereocenters. The van der Waals surface area contributed by atoms with E-state index in [1.165, 1.54) is 0 Å². The van der Waals surface area contributed by atoms with E-state index in [1.54, 1.807) is 21.3 Å². The Bertz CT molecular complexity index is 867. The molecule has 0 aliphatic heterocycles. The summed E-state index contributed by atoms with van der Waals surface area (Å²) in [7, 11) is 4.72. The molecule has 136 valence electrons. The maximum Gasteiger partial charge on any atom is 0.248 e. The second-order valence-electron chi connectivity index (χ2n) is 5.58. The van der Waals surface area contributed by atoms with Crippen molar-refractivity contribution < 1.29 is 18.6 Å². The maximum absolute atomic E-state index is 5.76. The summed E-state index contributed by atoms with van der Waals surface area (Å²) in [4.78, 5) is 0. The molecule has 7 heteroatoms. The van der Waals surface area contributed by atoms with E-state index in [9.17, 15) is 0 Å². The molecule has 0 amide bonds. The zero-order valence-electron chi connectivity index (χ0n) is 15.2. The highest BCUT2D eigenvalue weighted by Gasteiger charge is 2.14. The maximum atomic E-state index is 5.76. The molecule has 1 aromatic heterocycles. The first-order chi connectivity index (χ1) is 12.7. The Balaban J connectivity index is 1.77. The number of hydrogen-bond donors (Lipinski definition) is 1. The van der Waals surface area contributed by atoms with E-state index >= 15 is 0 Å². The van der Waals surface area contributed by atoms with E-state index < -0.39 is 0 Å². The molecule has 2 aromatic carbocycles. The highest BCUT2D eigenvalue weighted by Crippen LogP contribution is 2.40. The van der Waals surface area contributed by atoms with Crippen molar-refractivity contribution >= 4 is 5.69 Å². The predicted molar refractivity (Wildman–Crippen MR) is 97.9 cm³/mol. The normalized spacial score (nSPS) is 10.5. The van der Waals surface area contributed by atoms with Gasteiger partial charge in [-0.05, 0) is 18.6 Å². The number of ether oxygens (including phenoxy) is 3. The van der Waals surface area contributed by atoms with Crippen LogP contribution in [0.15, 0.2) is 40.8 Å². The number of nitrogens with one attached hydrogen (secondary N) is 1. The molecule has 7 nitrogen and oxygen atoms in total. The summed E-state index contributed by atoms with van der Waals surface area (Å²) >= 11 is 0. The van der Waals surface area contributed by atoms with Crippen molar-refractivity contribution in [3.63, 3.8) is 0 Å².